The van der Waals surface area contributed by atoms with Crippen LogP contribution >= 0.6 is 0 Å². The Balaban J connectivity index is 2.83. The van der Waals surface area contributed by atoms with Gasteiger partial charge in [-0.15, -0.1) is 5.98 Å². The van der Waals surface area contributed by atoms with Gasteiger partial charge in [0.1, 0.15) is 0 Å². The van der Waals surface area contributed by atoms with E-state index in [2.05, 4.69) is 58.9 Å². The quantitative estimate of drug-likeness (QED) is 0.516. The molecule has 0 heterocycles. The first kappa shape index (κ1) is 11.8. The monoisotopic (exact) mass is 197 g/mol. The number of hydrogen-bond donors (Lipinski definition) is 0. The van der Waals surface area contributed by atoms with Crippen LogP contribution in [-0.4, -0.2) is 7.28 Å². The lowest BCUT2D eigenvalue weighted by Gasteiger charge is -2.19. The molecule has 0 aromatic heterocycles. The van der Waals surface area contributed by atoms with E-state index in [4.69, 9.17) is 0 Å². The van der Waals surface area contributed by atoms with Crippen LogP contribution in [0.3, 0.4) is 0 Å². The molecule has 1 aromatic rings. The largest absolute Gasteiger partial charge is 0.181 e. The summed E-state index contributed by atoms with van der Waals surface area (Å²) in [4.78, 5) is 0. The molecule has 0 amide bonds. The van der Waals surface area contributed by atoms with Gasteiger partial charge in [-0.3, -0.25) is 0 Å². The molecule has 0 aliphatic rings. The highest BCUT2D eigenvalue weighted by Crippen LogP contribution is 2.20. The van der Waals surface area contributed by atoms with E-state index >= 15 is 0 Å². The van der Waals surface area contributed by atoms with Gasteiger partial charge in [0.25, 0.3) is 0 Å². The van der Waals surface area contributed by atoms with E-state index in [0.717, 1.165) is 0 Å². The van der Waals surface area contributed by atoms with Crippen molar-refractivity contribution in [2.75, 3.05) is 0 Å². The van der Waals surface area contributed by atoms with Crippen LogP contribution < -0.4 is 5.46 Å². The van der Waals surface area contributed by atoms with E-state index in [-0.39, 0.29) is 5.41 Å². The molecule has 1 aromatic carbocycles. The summed E-state index contributed by atoms with van der Waals surface area (Å²) in [5.41, 5.74) is 2.82. The first-order valence-corrected chi connectivity index (χ1v) is 5.27. The Labute approximate surface area is 94.0 Å². The van der Waals surface area contributed by atoms with E-state index in [9.17, 15) is 0 Å². The molecule has 0 atom stereocenters. The predicted molar refractivity (Wildman–Crippen MR) is 69.9 cm³/mol. The molecule has 0 aliphatic carbocycles. The maximum atomic E-state index is 3.64. The molecule has 1 rings (SSSR count). The smallest absolute Gasteiger partial charge is 0.116 e. The van der Waals surface area contributed by atoms with E-state index in [0.29, 0.717) is 0 Å². The normalized spacial score (nSPS) is 11.7. The average Bonchev–Trinajstić information content (AvgIpc) is 2.17. The minimum atomic E-state index is 0.214. The highest BCUT2D eigenvalue weighted by atomic mass is 14.2. The van der Waals surface area contributed by atoms with Crippen LogP contribution in [-0.2, 0) is 5.41 Å². The lowest BCUT2D eigenvalue weighted by Crippen LogP contribution is -2.18. The molecule has 0 aliphatic heterocycles. The van der Waals surface area contributed by atoms with Crippen molar-refractivity contribution in [3.05, 3.63) is 54.5 Å². The van der Waals surface area contributed by atoms with Gasteiger partial charge in [0.15, 0.2) is 7.28 Å². The van der Waals surface area contributed by atoms with Crippen molar-refractivity contribution in [2.45, 2.75) is 26.2 Å². The van der Waals surface area contributed by atoms with Gasteiger partial charge < -0.3 is 0 Å². The third-order valence-electron chi connectivity index (χ3n) is 2.29. The van der Waals surface area contributed by atoms with E-state index in [1.807, 2.05) is 12.1 Å². The lowest BCUT2D eigenvalue weighted by atomic mass is 9.68. The maximum Gasteiger partial charge on any atom is 0.181 e. The van der Waals surface area contributed by atoms with Crippen molar-refractivity contribution in [3.63, 3.8) is 0 Å². The predicted octanol–water partition coefficient (Wildman–Crippen LogP) is 3.01. The number of hydrogen-bond acceptors (Lipinski definition) is 0. The molecule has 0 bridgehead atoms. The van der Waals surface area contributed by atoms with Crippen molar-refractivity contribution in [1.29, 1.82) is 0 Å². The molecule has 0 N–H and O–H groups in total. The van der Waals surface area contributed by atoms with Gasteiger partial charge in [0.2, 0.25) is 0 Å². The number of allylic oxidation sites excluding steroid dienone is 2. The zero-order valence-electron chi connectivity index (χ0n) is 9.83. The zero-order chi connectivity index (χ0) is 11.3. The standard InChI is InChI=1S/C14H18B/c1-5-6-10-15-13-9-7-8-12(11-13)14(2,3)4/h5-11H,1H2,2-4H3/b10-6+. The fourth-order valence-corrected chi connectivity index (χ4v) is 1.35. The molecule has 0 nitrogen and oxygen atoms in total. The molecule has 1 heteroatoms. The summed E-state index contributed by atoms with van der Waals surface area (Å²) in [6.45, 7) is 10.3. The summed E-state index contributed by atoms with van der Waals surface area (Å²) in [7, 11) is 2.09. The van der Waals surface area contributed by atoms with Gasteiger partial charge in [-0.2, -0.15) is 0 Å². The minimum absolute atomic E-state index is 0.214. The van der Waals surface area contributed by atoms with Crippen molar-refractivity contribution < 1.29 is 0 Å². The van der Waals surface area contributed by atoms with Crippen LogP contribution in [0.4, 0.5) is 0 Å². The van der Waals surface area contributed by atoms with Gasteiger partial charge in [-0.25, -0.2) is 0 Å². The third kappa shape index (κ3) is 3.79. The number of benzene rings is 1. The van der Waals surface area contributed by atoms with E-state index in [1.165, 1.54) is 11.0 Å². The molecule has 0 saturated heterocycles. The van der Waals surface area contributed by atoms with E-state index < -0.39 is 0 Å². The maximum absolute atomic E-state index is 3.64. The Morgan fingerprint density at radius 2 is 2.00 bits per heavy atom. The topological polar surface area (TPSA) is 0 Å². The van der Waals surface area contributed by atoms with Crippen LogP contribution in [0.5, 0.6) is 0 Å². The fourth-order valence-electron chi connectivity index (χ4n) is 1.35. The molecular weight excluding hydrogens is 179 g/mol. The second-order valence-electron chi connectivity index (χ2n) is 4.66. The van der Waals surface area contributed by atoms with Gasteiger partial charge in [0, 0.05) is 0 Å². The third-order valence-corrected chi connectivity index (χ3v) is 2.29. The second kappa shape index (κ2) is 5.02. The molecule has 0 spiro atoms. The van der Waals surface area contributed by atoms with Crippen LogP contribution in [0.2, 0.25) is 0 Å². The first-order chi connectivity index (χ1) is 7.04. The molecule has 0 saturated carbocycles. The second-order valence-corrected chi connectivity index (χ2v) is 4.66. The van der Waals surface area contributed by atoms with Crippen LogP contribution in [0.15, 0.2) is 49.0 Å². The fraction of sp³-hybridized carbons (Fsp3) is 0.286. The summed E-state index contributed by atoms with van der Waals surface area (Å²) in [6, 6.07) is 8.62. The van der Waals surface area contributed by atoms with Crippen molar-refractivity contribution in [3.8, 4) is 0 Å². The molecule has 77 valence electrons. The van der Waals surface area contributed by atoms with Crippen LogP contribution in [0.1, 0.15) is 26.3 Å². The average molecular weight is 197 g/mol. The summed E-state index contributed by atoms with van der Waals surface area (Å²) >= 11 is 0. The minimum Gasteiger partial charge on any atom is -0.116 e. The highest BCUT2D eigenvalue weighted by molar-refractivity contribution is 6.58. The summed E-state index contributed by atoms with van der Waals surface area (Å²) in [5.74, 6) is 2.01. The Hall–Kier alpha value is -1.24. The van der Waals surface area contributed by atoms with Crippen molar-refractivity contribution in [2.24, 2.45) is 0 Å². The Bertz CT molecular complexity index is 356. The van der Waals surface area contributed by atoms with Crippen molar-refractivity contribution in [1.82, 2.24) is 0 Å². The van der Waals surface area contributed by atoms with Crippen LogP contribution in [0.25, 0.3) is 0 Å². The Kier molecular flexibility index (Phi) is 3.96. The summed E-state index contributed by atoms with van der Waals surface area (Å²) in [5, 5.41) is 0. The molecule has 1 radical (unpaired) electrons. The van der Waals surface area contributed by atoms with Gasteiger partial charge in [-0.05, 0) is 11.0 Å². The first-order valence-electron chi connectivity index (χ1n) is 5.27. The number of rotatable bonds is 3. The Morgan fingerprint density at radius 3 is 2.60 bits per heavy atom. The summed E-state index contributed by atoms with van der Waals surface area (Å²) < 4.78 is 0. The highest BCUT2D eigenvalue weighted by Gasteiger charge is 2.12. The molecular formula is C14H18B. The van der Waals surface area contributed by atoms with Gasteiger partial charge in [-0.1, -0.05) is 69.2 Å². The van der Waals surface area contributed by atoms with Crippen molar-refractivity contribution >= 4 is 12.7 Å². The van der Waals surface area contributed by atoms with Crippen LogP contribution in [0, 0.1) is 0 Å². The molecule has 15 heavy (non-hydrogen) atoms. The van der Waals surface area contributed by atoms with E-state index in [1.54, 1.807) is 6.08 Å². The Morgan fingerprint density at radius 1 is 1.27 bits per heavy atom. The summed E-state index contributed by atoms with van der Waals surface area (Å²) in [6.07, 6.45) is 3.72. The lowest BCUT2D eigenvalue weighted by molar-refractivity contribution is 0.591. The van der Waals surface area contributed by atoms with Gasteiger partial charge >= 0.3 is 0 Å². The molecule has 0 fully saturated rings. The SMILES string of the molecule is C=C/C=C/[B]c1cccc(C(C)(C)C)c1. The molecule has 0 unspecified atom stereocenters. The zero-order valence-corrected chi connectivity index (χ0v) is 9.83. The van der Waals surface area contributed by atoms with Gasteiger partial charge in [0.05, 0.1) is 0 Å².